The lowest BCUT2D eigenvalue weighted by Gasteiger charge is -2.26. The summed E-state index contributed by atoms with van der Waals surface area (Å²) < 4.78 is 0. The van der Waals surface area contributed by atoms with Gasteiger partial charge < -0.3 is 5.32 Å². The summed E-state index contributed by atoms with van der Waals surface area (Å²) in [6.45, 7) is 7.34. The maximum Gasteiger partial charge on any atom is 0.0197 e. The molecule has 2 fully saturated rings. The fourth-order valence-corrected chi connectivity index (χ4v) is 3.54. The SMILES string of the molecule is CC1CC(N2CCCNCC2)CS1. The van der Waals surface area contributed by atoms with Crippen LogP contribution in [0.1, 0.15) is 19.8 Å². The molecular formula is C10H20N2S. The molecule has 2 unspecified atom stereocenters. The first-order valence-electron chi connectivity index (χ1n) is 5.42. The number of nitrogens with one attached hydrogen (secondary N) is 1. The minimum Gasteiger partial charge on any atom is -0.315 e. The highest BCUT2D eigenvalue weighted by atomic mass is 32.2. The molecule has 2 aliphatic rings. The van der Waals surface area contributed by atoms with Crippen LogP contribution in [-0.2, 0) is 0 Å². The van der Waals surface area contributed by atoms with Crippen LogP contribution in [-0.4, -0.2) is 48.1 Å². The third kappa shape index (κ3) is 2.61. The minimum absolute atomic E-state index is 0.875. The number of thioether (sulfide) groups is 1. The van der Waals surface area contributed by atoms with E-state index < -0.39 is 0 Å². The van der Waals surface area contributed by atoms with Gasteiger partial charge in [0.05, 0.1) is 0 Å². The maximum absolute atomic E-state index is 3.46. The summed E-state index contributed by atoms with van der Waals surface area (Å²) in [5.41, 5.74) is 0. The Labute approximate surface area is 85.4 Å². The van der Waals surface area contributed by atoms with Crippen LogP contribution >= 0.6 is 11.8 Å². The van der Waals surface area contributed by atoms with Crippen LogP contribution in [0.15, 0.2) is 0 Å². The van der Waals surface area contributed by atoms with Crippen molar-refractivity contribution in [3.8, 4) is 0 Å². The van der Waals surface area contributed by atoms with Crippen molar-refractivity contribution >= 4 is 11.8 Å². The first-order valence-corrected chi connectivity index (χ1v) is 6.47. The van der Waals surface area contributed by atoms with E-state index in [1.165, 1.54) is 44.8 Å². The smallest absolute Gasteiger partial charge is 0.0197 e. The van der Waals surface area contributed by atoms with Gasteiger partial charge in [-0.25, -0.2) is 0 Å². The van der Waals surface area contributed by atoms with Crippen molar-refractivity contribution in [1.29, 1.82) is 0 Å². The molecule has 0 saturated carbocycles. The summed E-state index contributed by atoms with van der Waals surface area (Å²) in [4.78, 5) is 2.69. The molecule has 2 heterocycles. The lowest BCUT2D eigenvalue weighted by Crippen LogP contribution is -2.38. The van der Waals surface area contributed by atoms with Gasteiger partial charge in [-0.05, 0) is 25.9 Å². The summed E-state index contributed by atoms with van der Waals surface area (Å²) in [6, 6.07) is 0.875. The van der Waals surface area contributed by atoms with Gasteiger partial charge in [-0.1, -0.05) is 6.92 Å². The molecule has 2 rings (SSSR count). The van der Waals surface area contributed by atoms with Gasteiger partial charge in [0, 0.05) is 30.1 Å². The van der Waals surface area contributed by atoms with Crippen molar-refractivity contribution in [3.63, 3.8) is 0 Å². The molecule has 3 heteroatoms. The normalized spacial score (nSPS) is 37.6. The largest absolute Gasteiger partial charge is 0.315 e. The van der Waals surface area contributed by atoms with E-state index in [1.54, 1.807) is 0 Å². The van der Waals surface area contributed by atoms with Gasteiger partial charge >= 0.3 is 0 Å². The molecular weight excluding hydrogens is 180 g/mol. The molecule has 0 aromatic heterocycles. The van der Waals surface area contributed by atoms with E-state index in [1.807, 2.05) is 0 Å². The number of hydrogen-bond donors (Lipinski definition) is 1. The van der Waals surface area contributed by atoms with Gasteiger partial charge in [0.1, 0.15) is 0 Å². The monoisotopic (exact) mass is 200 g/mol. The van der Waals surface area contributed by atoms with Crippen LogP contribution in [0.3, 0.4) is 0 Å². The molecule has 13 heavy (non-hydrogen) atoms. The van der Waals surface area contributed by atoms with E-state index in [4.69, 9.17) is 0 Å². The number of hydrogen-bond acceptors (Lipinski definition) is 3. The number of nitrogens with zero attached hydrogens (tertiary/aromatic N) is 1. The van der Waals surface area contributed by atoms with Crippen molar-refractivity contribution in [3.05, 3.63) is 0 Å². The first kappa shape index (κ1) is 9.81. The molecule has 2 saturated heterocycles. The van der Waals surface area contributed by atoms with Crippen LogP contribution in [0.25, 0.3) is 0 Å². The molecule has 0 aromatic rings. The predicted molar refractivity (Wildman–Crippen MR) is 59.4 cm³/mol. The molecule has 2 nitrogen and oxygen atoms in total. The van der Waals surface area contributed by atoms with Gasteiger partial charge in [-0.15, -0.1) is 0 Å². The first-order chi connectivity index (χ1) is 6.36. The highest BCUT2D eigenvalue weighted by Gasteiger charge is 2.27. The molecule has 1 N–H and O–H groups in total. The molecule has 2 atom stereocenters. The maximum atomic E-state index is 3.46. The standard InChI is InChI=1S/C10H20N2S/c1-9-7-10(8-13-9)12-5-2-3-11-4-6-12/h9-11H,2-8H2,1H3. The summed E-state index contributed by atoms with van der Waals surface area (Å²) in [7, 11) is 0. The Hall–Kier alpha value is 0.270. The Bertz CT molecular complexity index is 155. The van der Waals surface area contributed by atoms with Gasteiger partial charge in [-0.3, -0.25) is 4.90 Å². The Morgan fingerprint density at radius 1 is 1.31 bits per heavy atom. The Morgan fingerprint density at radius 3 is 3.00 bits per heavy atom. The molecule has 0 amide bonds. The van der Waals surface area contributed by atoms with Crippen molar-refractivity contribution < 1.29 is 0 Å². The summed E-state index contributed by atoms with van der Waals surface area (Å²) >= 11 is 2.14. The molecule has 0 bridgehead atoms. The Kier molecular flexibility index (Phi) is 3.52. The fourth-order valence-electron chi connectivity index (χ4n) is 2.28. The summed E-state index contributed by atoms with van der Waals surface area (Å²) in [5, 5.41) is 4.35. The third-order valence-electron chi connectivity index (χ3n) is 3.07. The zero-order valence-electron chi connectivity index (χ0n) is 8.46. The minimum atomic E-state index is 0.875. The molecule has 0 aromatic carbocycles. The molecule has 76 valence electrons. The van der Waals surface area contributed by atoms with Gasteiger partial charge in [0.25, 0.3) is 0 Å². The van der Waals surface area contributed by atoms with E-state index in [-0.39, 0.29) is 0 Å². The lowest BCUT2D eigenvalue weighted by atomic mass is 10.1. The van der Waals surface area contributed by atoms with E-state index in [9.17, 15) is 0 Å². The summed E-state index contributed by atoms with van der Waals surface area (Å²) in [6.07, 6.45) is 2.74. The number of rotatable bonds is 1. The van der Waals surface area contributed by atoms with Crippen LogP contribution in [0, 0.1) is 0 Å². The second kappa shape index (κ2) is 4.67. The zero-order chi connectivity index (χ0) is 9.10. The van der Waals surface area contributed by atoms with E-state index >= 15 is 0 Å². The van der Waals surface area contributed by atoms with E-state index in [0.717, 1.165) is 11.3 Å². The van der Waals surface area contributed by atoms with Crippen molar-refractivity contribution in [2.24, 2.45) is 0 Å². The fraction of sp³-hybridized carbons (Fsp3) is 1.00. The average molecular weight is 200 g/mol. The Balaban J connectivity index is 1.84. The van der Waals surface area contributed by atoms with Crippen LogP contribution < -0.4 is 5.32 Å². The third-order valence-corrected chi connectivity index (χ3v) is 4.41. The zero-order valence-corrected chi connectivity index (χ0v) is 9.28. The van der Waals surface area contributed by atoms with Crippen molar-refractivity contribution in [2.45, 2.75) is 31.1 Å². The topological polar surface area (TPSA) is 15.3 Å². The molecule has 0 aliphatic carbocycles. The quantitative estimate of drug-likeness (QED) is 0.684. The average Bonchev–Trinajstić information content (AvgIpc) is 2.43. The second-order valence-electron chi connectivity index (χ2n) is 4.17. The highest BCUT2D eigenvalue weighted by molar-refractivity contribution is 8.00. The predicted octanol–water partition coefficient (Wildman–Crippen LogP) is 1.18. The van der Waals surface area contributed by atoms with E-state index in [0.29, 0.717) is 0 Å². The lowest BCUT2D eigenvalue weighted by molar-refractivity contribution is 0.223. The Morgan fingerprint density at radius 2 is 2.23 bits per heavy atom. The van der Waals surface area contributed by atoms with Gasteiger partial charge in [0.15, 0.2) is 0 Å². The van der Waals surface area contributed by atoms with E-state index in [2.05, 4.69) is 28.9 Å². The molecule has 2 aliphatic heterocycles. The van der Waals surface area contributed by atoms with Crippen molar-refractivity contribution in [2.75, 3.05) is 31.9 Å². The van der Waals surface area contributed by atoms with Crippen molar-refractivity contribution in [1.82, 2.24) is 10.2 Å². The van der Waals surface area contributed by atoms with Crippen LogP contribution in [0.5, 0.6) is 0 Å². The van der Waals surface area contributed by atoms with Gasteiger partial charge in [-0.2, -0.15) is 11.8 Å². The molecule has 0 radical (unpaired) electrons. The second-order valence-corrected chi connectivity index (χ2v) is 5.64. The van der Waals surface area contributed by atoms with Crippen LogP contribution in [0.2, 0.25) is 0 Å². The molecule has 0 spiro atoms. The van der Waals surface area contributed by atoms with Gasteiger partial charge in [0.2, 0.25) is 0 Å². The van der Waals surface area contributed by atoms with Crippen LogP contribution in [0.4, 0.5) is 0 Å². The highest BCUT2D eigenvalue weighted by Crippen LogP contribution is 2.29. The summed E-state index contributed by atoms with van der Waals surface area (Å²) in [5.74, 6) is 1.36.